The molecule has 0 aliphatic carbocycles. The van der Waals surface area contributed by atoms with Gasteiger partial charge in [0.25, 0.3) is 0 Å². The molecule has 5 heteroatoms. The van der Waals surface area contributed by atoms with Crippen LogP contribution in [0.1, 0.15) is 0 Å². The van der Waals surface area contributed by atoms with Crippen LogP contribution in [0.2, 0.25) is 0 Å². The summed E-state index contributed by atoms with van der Waals surface area (Å²) in [6.07, 6.45) is 0. The van der Waals surface area contributed by atoms with Crippen molar-refractivity contribution in [1.82, 2.24) is 19.5 Å². The van der Waals surface area contributed by atoms with Gasteiger partial charge in [-0.15, -0.1) is 0 Å². The van der Waals surface area contributed by atoms with Gasteiger partial charge < -0.3 is 8.98 Å². The molecule has 10 rings (SSSR count). The lowest BCUT2D eigenvalue weighted by atomic mass is 9.98. The SMILES string of the molecule is c1ccc(-c2nc(-c3cccc(-n4c5ccccc5c5ccccc54)c3)nc(-c3c4ccccc4cc4oc5ccccc5c34)n2)cc1. The molecule has 5 nitrogen and oxygen atoms in total. The lowest BCUT2D eigenvalue weighted by Crippen LogP contribution is -2.02. The summed E-state index contributed by atoms with van der Waals surface area (Å²) in [5.41, 5.74) is 7.76. The molecular formula is C43H26N4O. The van der Waals surface area contributed by atoms with E-state index in [9.17, 15) is 0 Å². The summed E-state index contributed by atoms with van der Waals surface area (Å²) in [6, 6.07) is 54.4. The van der Waals surface area contributed by atoms with Crippen molar-refractivity contribution in [3.63, 3.8) is 0 Å². The lowest BCUT2D eigenvalue weighted by Gasteiger charge is -2.13. The van der Waals surface area contributed by atoms with E-state index in [0.717, 1.165) is 66.1 Å². The van der Waals surface area contributed by atoms with Crippen LogP contribution >= 0.6 is 0 Å². The van der Waals surface area contributed by atoms with Crippen LogP contribution < -0.4 is 0 Å². The van der Waals surface area contributed by atoms with Gasteiger partial charge >= 0.3 is 0 Å². The number of furan rings is 1. The molecule has 0 N–H and O–H groups in total. The van der Waals surface area contributed by atoms with E-state index < -0.39 is 0 Å². The van der Waals surface area contributed by atoms with Gasteiger partial charge in [0, 0.05) is 43.9 Å². The Kier molecular flexibility index (Phi) is 5.81. The second-order valence-electron chi connectivity index (χ2n) is 12.0. The van der Waals surface area contributed by atoms with Crippen LogP contribution in [0.4, 0.5) is 0 Å². The van der Waals surface area contributed by atoms with Gasteiger partial charge in [0.05, 0.1) is 11.0 Å². The quantitative estimate of drug-likeness (QED) is 0.198. The number of hydrogen-bond donors (Lipinski definition) is 0. The summed E-state index contributed by atoms with van der Waals surface area (Å²) in [7, 11) is 0. The topological polar surface area (TPSA) is 56.7 Å². The Morgan fingerprint density at radius 1 is 0.417 bits per heavy atom. The molecular weight excluding hydrogens is 589 g/mol. The smallest absolute Gasteiger partial charge is 0.165 e. The molecule has 3 heterocycles. The molecule has 0 aliphatic heterocycles. The molecule has 10 aromatic rings. The summed E-state index contributed by atoms with van der Waals surface area (Å²) in [6.45, 7) is 0. The number of fused-ring (bicyclic) bond motifs is 7. The Hall–Kier alpha value is -6.59. The third-order valence-electron chi connectivity index (χ3n) is 9.22. The summed E-state index contributed by atoms with van der Waals surface area (Å²) >= 11 is 0. The van der Waals surface area contributed by atoms with Crippen molar-refractivity contribution < 1.29 is 4.42 Å². The van der Waals surface area contributed by atoms with E-state index in [1.54, 1.807) is 0 Å². The molecule has 0 radical (unpaired) electrons. The van der Waals surface area contributed by atoms with Gasteiger partial charge in [-0.3, -0.25) is 0 Å². The fourth-order valence-corrected chi connectivity index (χ4v) is 7.10. The number of para-hydroxylation sites is 3. The highest BCUT2D eigenvalue weighted by Gasteiger charge is 2.21. The Labute approximate surface area is 275 Å². The van der Waals surface area contributed by atoms with Gasteiger partial charge in [0.2, 0.25) is 0 Å². The fourth-order valence-electron chi connectivity index (χ4n) is 7.10. The molecule has 0 fully saturated rings. The first-order valence-corrected chi connectivity index (χ1v) is 16.0. The van der Waals surface area contributed by atoms with E-state index in [2.05, 4.69) is 114 Å². The molecule has 0 spiro atoms. The van der Waals surface area contributed by atoms with Crippen LogP contribution in [0.15, 0.2) is 162 Å². The summed E-state index contributed by atoms with van der Waals surface area (Å²) < 4.78 is 8.73. The molecule has 0 atom stereocenters. The average molecular weight is 615 g/mol. The van der Waals surface area contributed by atoms with Gasteiger partial charge in [0.1, 0.15) is 11.2 Å². The van der Waals surface area contributed by atoms with Crippen LogP contribution in [-0.4, -0.2) is 19.5 Å². The normalized spacial score (nSPS) is 11.8. The standard InChI is InChI=1S/C43H26N4O/c1-2-13-27(14-3-1)41-44-42(29-16-12-17-30(25-29)47-35-22-9-6-19-32(35)33-20-7-10-23-36(33)47)46-43(45-41)40-31-18-5-4-15-28(31)26-38-39(40)34-21-8-11-24-37(34)48-38/h1-26H. The predicted octanol–water partition coefficient (Wildman–Crippen LogP) is 11.0. The third-order valence-corrected chi connectivity index (χ3v) is 9.22. The fraction of sp³-hybridized carbons (Fsp3) is 0. The monoisotopic (exact) mass is 614 g/mol. The van der Waals surface area contributed by atoms with Gasteiger partial charge in [-0.1, -0.05) is 121 Å². The molecule has 0 saturated carbocycles. The highest BCUT2D eigenvalue weighted by atomic mass is 16.3. The van der Waals surface area contributed by atoms with Crippen molar-refractivity contribution in [2.75, 3.05) is 0 Å². The number of benzene rings is 7. The average Bonchev–Trinajstić information content (AvgIpc) is 3.69. The molecule has 0 aliphatic rings. The summed E-state index contributed by atoms with van der Waals surface area (Å²) in [4.78, 5) is 15.5. The molecule has 224 valence electrons. The minimum Gasteiger partial charge on any atom is -0.456 e. The second kappa shape index (κ2) is 10.5. The zero-order valence-corrected chi connectivity index (χ0v) is 25.7. The second-order valence-corrected chi connectivity index (χ2v) is 12.0. The Balaban J connectivity index is 1.26. The van der Waals surface area contributed by atoms with Crippen molar-refractivity contribution in [1.29, 1.82) is 0 Å². The minimum atomic E-state index is 0.606. The first-order chi connectivity index (χ1) is 23.8. The number of hydrogen-bond acceptors (Lipinski definition) is 4. The zero-order valence-electron chi connectivity index (χ0n) is 25.7. The molecule has 48 heavy (non-hydrogen) atoms. The van der Waals surface area contributed by atoms with E-state index in [0.29, 0.717) is 17.5 Å². The molecule has 0 bridgehead atoms. The first-order valence-electron chi connectivity index (χ1n) is 16.0. The maximum absolute atomic E-state index is 6.41. The molecule has 0 amide bonds. The van der Waals surface area contributed by atoms with Crippen molar-refractivity contribution in [2.45, 2.75) is 0 Å². The zero-order chi connectivity index (χ0) is 31.6. The molecule has 0 saturated heterocycles. The maximum atomic E-state index is 6.41. The van der Waals surface area contributed by atoms with E-state index in [4.69, 9.17) is 19.4 Å². The molecule has 7 aromatic carbocycles. The lowest BCUT2D eigenvalue weighted by molar-refractivity contribution is 0.669. The van der Waals surface area contributed by atoms with Gasteiger partial charge in [-0.05, 0) is 47.2 Å². The number of nitrogens with zero attached hydrogens (tertiary/aromatic N) is 4. The third kappa shape index (κ3) is 4.08. The number of aromatic nitrogens is 4. The van der Waals surface area contributed by atoms with Gasteiger partial charge in [-0.2, -0.15) is 0 Å². The van der Waals surface area contributed by atoms with E-state index in [-0.39, 0.29) is 0 Å². The first kappa shape index (κ1) is 26.6. The summed E-state index contributed by atoms with van der Waals surface area (Å²) in [5, 5.41) is 6.60. The van der Waals surface area contributed by atoms with Gasteiger partial charge in [-0.25, -0.2) is 15.0 Å². The number of rotatable bonds is 4. The van der Waals surface area contributed by atoms with Crippen LogP contribution in [-0.2, 0) is 0 Å². The molecule has 0 unspecified atom stereocenters. The largest absolute Gasteiger partial charge is 0.456 e. The maximum Gasteiger partial charge on any atom is 0.165 e. The van der Waals surface area contributed by atoms with Gasteiger partial charge in [0.15, 0.2) is 17.5 Å². The van der Waals surface area contributed by atoms with E-state index in [1.165, 1.54) is 10.8 Å². The minimum absolute atomic E-state index is 0.606. The Bertz CT molecular complexity index is 2800. The van der Waals surface area contributed by atoms with E-state index >= 15 is 0 Å². The van der Waals surface area contributed by atoms with Crippen molar-refractivity contribution in [2.24, 2.45) is 0 Å². The van der Waals surface area contributed by atoms with Crippen LogP contribution in [0.3, 0.4) is 0 Å². The Morgan fingerprint density at radius 2 is 1.00 bits per heavy atom. The van der Waals surface area contributed by atoms with Crippen LogP contribution in [0.25, 0.3) is 94.4 Å². The predicted molar refractivity (Wildman–Crippen MR) is 195 cm³/mol. The summed E-state index contributed by atoms with van der Waals surface area (Å²) in [5.74, 6) is 1.83. The highest BCUT2D eigenvalue weighted by molar-refractivity contribution is 6.20. The molecule has 3 aromatic heterocycles. The van der Waals surface area contributed by atoms with E-state index in [1.807, 2.05) is 48.5 Å². The Morgan fingerprint density at radius 3 is 1.77 bits per heavy atom. The van der Waals surface area contributed by atoms with Crippen molar-refractivity contribution in [3.8, 4) is 39.9 Å². The van der Waals surface area contributed by atoms with Crippen LogP contribution in [0, 0.1) is 0 Å². The van der Waals surface area contributed by atoms with Crippen LogP contribution in [0.5, 0.6) is 0 Å². The highest BCUT2D eigenvalue weighted by Crippen LogP contribution is 2.41. The van der Waals surface area contributed by atoms with Crippen molar-refractivity contribution >= 4 is 54.5 Å². The van der Waals surface area contributed by atoms with Crippen molar-refractivity contribution in [3.05, 3.63) is 158 Å².